The highest BCUT2D eigenvalue weighted by Crippen LogP contribution is 2.14. The molecule has 3 N–H and O–H groups in total. The number of aromatic amines is 1. The average molecular weight is 287 g/mol. The number of amides is 2. The van der Waals surface area contributed by atoms with Gasteiger partial charge in [0, 0.05) is 6.04 Å². The van der Waals surface area contributed by atoms with Crippen molar-refractivity contribution >= 4 is 17.5 Å². The van der Waals surface area contributed by atoms with Crippen LogP contribution >= 0.6 is 0 Å². The van der Waals surface area contributed by atoms with Crippen LogP contribution in [-0.4, -0.2) is 28.1 Å². The second kappa shape index (κ2) is 6.38. The van der Waals surface area contributed by atoms with E-state index >= 15 is 0 Å². The highest BCUT2D eigenvalue weighted by atomic mass is 16.3. The summed E-state index contributed by atoms with van der Waals surface area (Å²) in [5.74, 6) is -0.814. The molecule has 21 heavy (non-hydrogen) atoms. The molecule has 2 rings (SSSR count). The van der Waals surface area contributed by atoms with Gasteiger partial charge in [-0.25, -0.2) is 0 Å². The molecule has 0 aromatic carbocycles. The van der Waals surface area contributed by atoms with Gasteiger partial charge in [-0.05, 0) is 19.1 Å². The fourth-order valence-corrected chi connectivity index (χ4v) is 1.63. The maximum atomic E-state index is 12.0. The first-order valence-corrected chi connectivity index (χ1v) is 6.18. The molecule has 2 heterocycles. The van der Waals surface area contributed by atoms with Crippen molar-refractivity contribution in [3.8, 4) is 6.07 Å². The molecule has 2 aromatic rings. The van der Waals surface area contributed by atoms with Gasteiger partial charge in [-0.15, -0.1) is 0 Å². The Morgan fingerprint density at radius 3 is 3.00 bits per heavy atom. The van der Waals surface area contributed by atoms with Crippen molar-refractivity contribution < 1.29 is 14.0 Å². The van der Waals surface area contributed by atoms with Gasteiger partial charge in [0.25, 0.3) is 11.8 Å². The van der Waals surface area contributed by atoms with E-state index in [0.29, 0.717) is 0 Å². The predicted molar refractivity (Wildman–Crippen MR) is 72.4 cm³/mol. The summed E-state index contributed by atoms with van der Waals surface area (Å²) in [6, 6.07) is 4.74. The zero-order valence-electron chi connectivity index (χ0n) is 11.2. The van der Waals surface area contributed by atoms with E-state index in [-0.39, 0.29) is 29.6 Å². The van der Waals surface area contributed by atoms with Gasteiger partial charge in [0.2, 0.25) is 0 Å². The van der Waals surface area contributed by atoms with Crippen molar-refractivity contribution in [1.82, 2.24) is 15.5 Å². The SMILES string of the molecule is C[C@H](CC#N)NC(=O)c1[nH]ncc1NC(=O)c1ccco1. The van der Waals surface area contributed by atoms with Crippen molar-refractivity contribution in [2.75, 3.05) is 5.32 Å². The number of hydrogen-bond acceptors (Lipinski definition) is 5. The normalized spacial score (nSPS) is 11.4. The van der Waals surface area contributed by atoms with Crippen LogP contribution in [0.2, 0.25) is 0 Å². The van der Waals surface area contributed by atoms with E-state index < -0.39 is 11.8 Å². The van der Waals surface area contributed by atoms with Gasteiger partial charge in [-0.3, -0.25) is 14.7 Å². The number of H-pyrrole nitrogens is 1. The molecule has 2 amide bonds. The number of carbonyl (C=O) groups is 2. The van der Waals surface area contributed by atoms with E-state index in [1.807, 2.05) is 6.07 Å². The molecule has 1 atom stereocenters. The van der Waals surface area contributed by atoms with Crippen LogP contribution in [0.15, 0.2) is 29.0 Å². The lowest BCUT2D eigenvalue weighted by atomic mass is 10.2. The Kier molecular flexibility index (Phi) is 4.36. The van der Waals surface area contributed by atoms with Crippen molar-refractivity contribution in [3.05, 3.63) is 36.0 Å². The lowest BCUT2D eigenvalue weighted by Gasteiger charge is -2.10. The fourth-order valence-electron chi connectivity index (χ4n) is 1.63. The maximum absolute atomic E-state index is 12.0. The molecule has 0 saturated heterocycles. The summed E-state index contributed by atoms with van der Waals surface area (Å²) >= 11 is 0. The molecule has 2 aromatic heterocycles. The number of nitriles is 1. The van der Waals surface area contributed by atoms with Crippen molar-refractivity contribution in [1.29, 1.82) is 5.26 Å². The number of furan rings is 1. The first-order chi connectivity index (χ1) is 10.1. The van der Waals surface area contributed by atoms with E-state index in [1.165, 1.54) is 18.5 Å². The smallest absolute Gasteiger partial charge is 0.291 e. The Balaban J connectivity index is 2.06. The summed E-state index contributed by atoms with van der Waals surface area (Å²) in [4.78, 5) is 23.9. The van der Waals surface area contributed by atoms with Gasteiger partial charge in [0.05, 0.1) is 30.6 Å². The van der Waals surface area contributed by atoms with E-state index in [9.17, 15) is 9.59 Å². The Morgan fingerprint density at radius 1 is 1.52 bits per heavy atom. The van der Waals surface area contributed by atoms with E-state index in [0.717, 1.165) is 0 Å². The Morgan fingerprint density at radius 2 is 2.33 bits per heavy atom. The van der Waals surface area contributed by atoms with Crippen LogP contribution in [0.4, 0.5) is 5.69 Å². The van der Waals surface area contributed by atoms with Crippen LogP contribution in [0.5, 0.6) is 0 Å². The van der Waals surface area contributed by atoms with Crippen LogP contribution in [0.1, 0.15) is 34.4 Å². The summed E-state index contributed by atoms with van der Waals surface area (Å²) in [5.41, 5.74) is 0.345. The fraction of sp³-hybridized carbons (Fsp3) is 0.231. The highest BCUT2D eigenvalue weighted by Gasteiger charge is 2.18. The molecule has 8 nitrogen and oxygen atoms in total. The second-order valence-corrected chi connectivity index (χ2v) is 4.33. The molecule has 0 spiro atoms. The lowest BCUT2D eigenvalue weighted by molar-refractivity contribution is 0.0936. The number of nitrogens with zero attached hydrogens (tertiary/aromatic N) is 2. The van der Waals surface area contributed by atoms with Crippen molar-refractivity contribution in [2.24, 2.45) is 0 Å². The monoisotopic (exact) mass is 287 g/mol. The molecule has 0 aliphatic rings. The molecule has 0 fully saturated rings. The minimum absolute atomic E-state index is 0.111. The molecule has 0 saturated carbocycles. The number of hydrogen-bond donors (Lipinski definition) is 3. The zero-order valence-corrected chi connectivity index (χ0v) is 11.2. The number of aromatic nitrogens is 2. The van der Waals surface area contributed by atoms with Gasteiger partial charge in [0.1, 0.15) is 5.69 Å². The minimum Gasteiger partial charge on any atom is -0.459 e. The summed E-state index contributed by atoms with van der Waals surface area (Å²) in [6.45, 7) is 1.71. The first kappa shape index (κ1) is 14.3. The third-order valence-electron chi connectivity index (χ3n) is 2.63. The summed E-state index contributed by atoms with van der Waals surface area (Å²) in [5, 5.41) is 20.0. The molecule has 0 bridgehead atoms. The number of rotatable bonds is 5. The molecular weight excluding hydrogens is 274 g/mol. The number of nitrogens with one attached hydrogen (secondary N) is 3. The van der Waals surface area contributed by atoms with Crippen LogP contribution in [0, 0.1) is 11.3 Å². The van der Waals surface area contributed by atoms with Crippen molar-refractivity contribution in [2.45, 2.75) is 19.4 Å². The van der Waals surface area contributed by atoms with Crippen LogP contribution in [0.25, 0.3) is 0 Å². The van der Waals surface area contributed by atoms with Gasteiger partial charge in [0.15, 0.2) is 5.76 Å². The predicted octanol–water partition coefficient (Wildman–Crippen LogP) is 1.29. The molecule has 108 valence electrons. The second-order valence-electron chi connectivity index (χ2n) is 4.33. The third-order valence-corrected chi connectivity index (χ3v) is 2.63. The van der Waals surface area contributed by atoms with Crippen LogP contribution < -0.4 is 10.6 Å². The number of carbonyl (C=O) groups excluding carboxylic acids is 2. The summed E-state index contributed by atoms with van der Waals surface area (Å²) in [7, 11) is 0. The van der Waals surface area contributed by atoms with Crippen LogP contribution in [0.3, 0.4) is 0 Å². The topological polar surface area (TPSA) is 124 Å². The van der Waals surface area contributed by atoms with E-state index in [1.54, 1.807) is 13.0 Å². The quantitative estimate of drug-likeness (QED) is 0.764. The Labute approximate surface area is 120 Å². The van der Waals surface area contributed by atoms with Gasteiger partial charge >= 0.3 is 0 Å². The Hall–Kier alpha value is -3.08. The van der Waals surface area contributed by atoms with E-state index in [4.69, 9.17) is 9.68 Å². The largest absolute Gasteiger partial charge is 0.459 e. The molecule has 0 radical (unpaired) electrons. The maximum Gasteiger partial charge on any atom is 0.291 e. The summed E-state index contributed by atoms with van der Waals surface area (Å²) in [6.07, 6.45) is 2.89. The molecular formula is C13H13N5O3. The van der Waals surface area contributed by atoms with Gasteiger partial charge < -0.3 is 15.1 Å². The lowest BCUT2D eigenvalue weighted by Crippen LogP contribution is -2.33. The number of anilines is 1. The third kappa shape index (κ3) is 3.48. The molecule has 0 aliphatic heterocycles. The van der Waals surface area contributed by atoms with Crippen LogP contribution in [-0.2, 0) is 0 Å². The standard InChI is InChI=1S/C13H13N5O3/c1-8(4-5-14)16-13(20)11-9(7-15-18-11)17-12(19)10-3-2-6-21-10/h2-3,6-8H,4H2,1H3,(H,15,18)(H,16,20)(H,17,19)/t8-/m1/s1. The molecule has 0 unspecified atom stereocenters. The minimum atomic E-state index is -0.486. The Bertz CT molecular complexity index is 668. The highest BCUT2D eigenvalue weighted by molar-refractivity contribution is 6.06. The van der Waals surface area contributed by atoms with Crippen molar-refractivity contribution in [3.63, 3.8) is 0 Å². The molecule has 8 heteroatoms. The van der Waals surface area contributed by atoms with Gasteiger partial charge in [-0.1, -0.05) is 0 Å². The van der Waals surface area contributed by atoms with Gasteiger partial charge in [-0.2, -0.15) is 10.4 Å². The zero-order chi connectivity index (χ0) is 15.2. The summed E-state index contributed by atoms with van der Waals surface area (Å²) < 4.78 is 4.96. The first-order valence-electron chi connectivity index (χ1n) is 6.18. The molecule has 0 aliphatic carbocycles. The average Bonchev–Trinajstić information content (AvgIpc) is 3.09. The van der Waals surface area contributed by atoms with E-state index in [2.05, 4.69) is 20.8 Å².